The Balaban J connectivity index is 1.81. The van der Waals surface area contributed by atoms with E-state index in [0.29, 0.717) is 6.61 Å². The van der Waals surface area contributed by atoms with Crippen LogP contribution in [0, 0.1) is 0 Å². The van der Waals surface area contributed by atoms with Gasteiger partial charge in [0.05, 0.1) is 12.4 Å². The number of hydrogen-bond donors (Lipinski definition) is 1. The quantitative estimate of drug-likeness (QED) is 0.647. The fraction of sp³-hybridized carbons (Fsp3) is 0.250. The average molecular weight is 367 g/mol. The van der Waals surface area contributed by atoms with E-state index in [1.54, 1.807) is 7.11 Å². The van der Waals surface area contributed by atoms with Crippen molar-refractivity contribution in [3.8, 4) is 11.3 Å². The molecule has 5 nitrogen and oxygen atoms in total. The topological polar surface area (TPSA) is 64.1 Å². The Morgan fingerprint density at radius 3 is 2.50 bits per heavy atom. The maximum Gasteiger partial charge on any atom is 0.230 e. The van der Waals surface area contributed by atoms with Crippen molar-refractivity contribution in [3.05, 3.63) is 54.6 Å². The van der Waals surface area contributed by atoms with Crippen LogP contribution in [0.3, 0.4) is 0 Å². The monoisotopic (exact) mass is 367 g/mol. The molecule has 0 radical (unpaired) electrons. The Labute approximate surface area is 157 Å². The summed E-state index contributed by atoms with van der Waals surface area (Å²) in [4.78, 5) is 12.1. The van der Waals surface area contributed by atoms with E-state index in [1.807, 2.05) is 61.5 Å². The zero-order chi connectivity index (χ0) is 18.4. The number of carbonyl (C=O) groups excluding carboxylic acids is 1. The van der Waals surface area contributed by atoms with Crippen molar-refractivity contribution in [2.24, 2.45) is 0 Å². The molecule has 1 atom stereocenters. The van der Waals surface area contributed by atoms with Crippen molar-refractivity contribution in [1.82, 2.24) is 15.5 Å². The molecule has 0 fully saturated rings. The van der Waals surface area contributed by atoms with E-state index in [-0.39, 0.29) is 17.7 Å². The van der Waals surface area contributed by atoms with Gasteiger partial charge in [0, 0.05) is 29.5 Å². The van der Waals surface area contributed by atoms with Gasteiger partial charge in [-0.1, -0.05) is 66.4 Å². The van der Waals surface area contributed by atoms with Gasteiger partial charge < -0.3 is 10.1 Å². The van der Waals surface area contributed by atoms with Crippen molar-refractivity contribution < 1.29 is 9.53 Å². The summed E-state index contributed by atoms with van der Waals surface area (Å²) >= 11 is 1.40. The fourth-order valence-corrected chi connectivity index (χ4v) is 3.52. The summed E-state index contributed by atoms with van der Waals surface area (Å²) in [5.74, 6) is 0.245. The summed E-state index contributed by atoms with van der Waals surface area (Å²) in [5.41, 5.74) is 1.88. The molecule has 6 heteroatoms. The first-order valence-electron chi connectivity index (χ1n) is 8.41. The summed E-state index contributed by atoms with van der Waals surface area (Å²) in [6.45, 7) is 2.40. The van der Waals surface area contributed by atoms with Gasteiger partial charge in [0.25, 0.3) is 0 Å². The number of methoxy groups -OCH3 is 1. The minimum Gasteiger partial charge on any atom is -0.383 e. The summed E-state index contributed by atoms with van der Waals surface area (Å²) in [7, 11) is 1.62. The minimum atomic E-state index is -0.0439. The van der Waals surface area contributed by atoms with Crippen molar-refractivity contribution in [2.45, 2.75) is 18.0 Å². The molecular formula is C20H21N3O2S. The molecule has 0 saturated carbocycles. The van der Waals surface area contributed by atoms with Crippen LogP contribution in [0.25, 0.3) is 22.0 Å². The average Bonchev–Trinajstić information content (AvgIpc) is 2.67. The van der Waals surface area contributed by atoms with E-state index in [9.17, 15) is 4.79 Å². The number of rotatable bonds is 7. The number of hydrogen-bond acceptors (Lipinski definition) is 5. The summed E-state index contributed by atoms with van der Waals surface area (Å²) < 4.78 is 5.04. The van der Waals surface area contributed by atoms with Crippen LogP contribution in [-0.2, 0) is 9.53 Å². The Morgan fingerprint density at radius 2 is 1.77 bits per heavy atom. The van der Waals surface area contributed by atoms with Gasteiger partial charge >= 0.3 is 0 Å². The highest BCUT2D eigenvalue weighted by atomic mass is 32.2. The molecule has 1 N–H and O–H groups in total. The highest BCUT2D eigenvalue weighted by Gasteiger charge is 2.13. The highest BCUT2D eigenvalue weighted by Crippen LogP contribution is 2.31. The smallest absolute Gasteiger partial charge is 0.230 e. The fourth-order valence-electron chi connectivity index (χ4n) is 2.74. The third-order valence-corrected chi connectivity index (χ3v) is 4.85. The van der Waals surface area contributed by atoms with Crippen LogP contribution in [0.1, 0.15) is 6.92 Å². The molecule has 1 amide bonds. The van der Waals surface area contributed by atoms with Crippen LogP contribution in [0.5, 0.6) is 0 Å². The molecule has 3 aromatic rings. The number of nitrogens with zero attached hydrogens (tertiary/aromatic N) is 2. The van der Waals surface area contributed by atoms with Gasteiger partial charge in [0.2, 0.25) is 5.91 Å². The maximum absolute atomic E-state index is 12.1. The predicted molar refractivity (Wildman–Crippen MR) is 105 cm³/mol. The molecule has 0 aliphatic carbocycles. The molecule has 0 spiro atoms. The Kier molecular flexibility index (Phi) is 6.20. The maximum atomic E-state index is 12.1. The molecular weight excluding hydrogens is 346 g/mol. The lowest BCUT2D eigenvalue weighted by Crippen LogP contribution is -2.36. The second-order valence-corrected chi connectivity index (χ2v) is 6.94. The third-order valence-electron chi connectivity index (χ3n) is 3.86. The molecule has 0 unspecified atom stereocenters. The lowest BCUT2D eigenvalue weighted by Gasteiger charge is -2.13. The van der Waals surface area contributed by atoms with Crippen LogP contribution >= 0.6 is 11.8 Å². The van der Waals surface area contributed by atoms with Gasteiger partial charge in [-0.25, -0.2) is 0 Å². The second kappa shape index (κ2) is 8.78. The number of fused-ring (bicyclic) bond motifs is 1. The molecule has 2 aromatic carbocycles. The van der Waals surface area contributed by atoms with Crippen molar-refractivity contribution in [1.29, 1.82) is 0 Å². The van der Waals surface area contributed by atoms with E-state index in [0.717, 1.165) is 27.1 Å². The third kappa shape index (κ3) is 4.39. The predicted octanol–water partition coefficient (Wildman–Crippen LogP) is 3.54. The van der Waals surface area contributed by atoms with Crippen LogP contribution in [0.4, 0.5) is 0 Å². The number of aromatic nitrogens is 2. The number of benzene rings is 2. The first-order valence-corrected chi connectivity index (χ1v) is 9.39. The van der Waals surface area contributed by atoms with E-state index < -0.39 is 0 Å². The Morgan fingerprint density at radius 1 is 1.08 bits per heavy atom. The SMILES string of the molecule is COC[C@H](C)NC(=O)CSc1nnc(-c2ccccc2)c2ccccc12. The lowest BCUT2D eigenvalue weighted by molar-refractivity contribution is -0.119. The number of carbonyl (C=O) groups is 1. The van der Waals surface area contributed by atoms with Gasteiger partial charge in [-0.3, -0.25) is 4.79 Å². The van der Waals surface area contributed by atoms with E-state index >= 15 is 0 Å². The molecule has 0 aliphatic rings. The number of ether oxygens (including phenoxy) is 1. The van der Waals surface area contributed by atoms with Crippen molar-refractivity contribution in [2.75, 3.05) is 19.5 Å². The molecule has 26 heavy (non-hydrogen) atoms. The Bertz CT molecular complexity index is 887. The molecule has 0 aliphatic heterocycles. The zero-order valence-corrected chi connectivity index (χ0v) is 15.6. The number of amides is 1. The highest BCUT2D eigenvalue weighted by molar-refractivity contribution is 8.00. The molecule has 1 heterocycles. The van der Waals surface area contributed by atoms with Crippen LogP contribution in [0.2, 0.25) is 0 Å². The zero-order valence-electron chi connectivity index (χ0n) is 14.8. The normalized spacial score (nSPS) is 12.1. The minimum absolute atomic E-state index is 0.0172. The van der Waals surface area contributed by atoms with E-state index in [1.165, 1.54) is 11.8 Å². The van der Waals surface area contributed by atoms with Crippen molar-refractivity contribution >= 4 is 28.4 Å². The summed E-state index contributed by atoms with van der Waals surface area (Å²) in [6.07, 6.45) is 0. The second-order valence-electron chi connectivity index (χ2n) is 5.98. The van der Waals surface area contributed by atoms with E-state index in [4.69, 9.17) is 4.74 Å². The summed E-state index contributed by atoms with van der Waals surface area (Å²) in [6, 6.07) is 18.0. The van der Waals surface area contributed by atoms with Gasteiger partial charge in [0.1, 0.15) is 10.7 Å². The standard InChI is InChI=1S/C20H21N3O2S/c1-14(12-25-2)21-18(24)13-26-20-17-11-7-6-10-16(17)19(22-23-20)15-8-4-3-5-9-15/h3-11,14H,12-13H2,1-2H3,(H,21,24)/t14-/m0/s1. The molecule has 134 valence electrons. The van der Waals surface area contributed by atoms with Crippen LogP contribution in [0.15, 0.2) is 59.6 Å². The first-order chi connectivity index (χ1) is 12.7. The van der Waals surface area contributed by atoms with Crippen LogP contribution in [-0.4, -0.2) is 41.6 Å². The largest absolute Gasteiger partial charge is 0.383 e. The number of nitrogens with one attached hydrogen (secondary N) is 1. The molecule has 1 aromatic heterocycles. The van der Waals surface area contributed by atoms with Gasteiger partial charge in [0.15, 0.2) is 0 Å². The number of thioether (sulfide) groups is 1. The lowest BCUT2D eigenvalue weighted by atomic mass is 10.1. The Hall–Kier alpha value is -2.44. The van der Waals surface area contributed by atoms with Crippen molar-refractivity contribution in [3.63, 3.8) is 0 Å². The van der Waals surface area contributed by atoms with Gasteiger partial charge in [-0.2, -0.15) is 0 Å². The van der Waals surface area contributed by atoms with Gasteiger partial charge in [-0.15, -0.1) is 10.2 Å². The molecule has 0 bridgehead atoms. The van der Waals surface area contributed by atoms with E-state index in [2.05, 4.69) is 15.5 Å². The molecule has 3 rings (SSSR count). The molecule has 0 saturated heterocycles. The van der Waals surface area contributed by atoms with Crippen LogP contribution < -0.4 is 5.32 Å². The first kappa shape index (κ1) is 18.4. The summed E-state index contributed by atoms with van der Waals surface area (Å²) in [5, 5.41) is 14.5. The van der Waals surface area contributed by atoms with Gasteiger partial charge in [-0.05, 0) is 6.92 Å².